The maximum absolute atomic E-state index is 12.7. The molecule has 3 aromatic rings. The number of alkyl halides is 3. The summed E-state index contributed by atoms with van der Waals surface area (Å²) in [5.74, 6) is -0.637. The van der Waals surface area contributed by atoms with Gasteiger partial charge in [-0.1, -0.05) is 12.1 Å². The third-order valence-corrected chi connectivity index (χ3v) is 3.60. The number of para-hydroxylation sites is 1. The van der Waals surface area contributed by atoms with Crippen LogP contribution in [0.1, 0.15) is 5.56 Å². The third kappa shape index (κ3) is 3.48. The van der Waals surface area contributed by atoms with Gasteiger partial charge in [0.15, 0.2) is 0 Å². The van der Waals surface area contributed by atoms with Crippen molar-refractivity contribution in [1.82, 2.24) is 9.55 Å². The zero-order valence-corrected chi connectivity index (χ0v) is 13.0. The van der Waals surface area contributed by atoms with Crippen LogP contribution in [0.25, 0.3) is 11.0 Å². The number of imidazole rings is 1. The highest BCUT2D eigenvalue weighted by molar-refractivity contribution is 5.92. The number of hydrogen-bond donors (Lipinski definition) is 1. The van der Waals surface area contributed by atoms with Crippen molar-refractivity contribution >= 4 is 28.3 Å². The summed E-state index contributed by atoms with van der Waals surface area (Å²) in [6.07, 6.45) is -3.26. The third-order valence-electron chi connectivity index (χ3n) is 3.60. The van der Waals surface area contributed by atoms with Crippen LogP contribution in [0.2, 0.25) is 0 Å². The van der Waals surface area contributed by atoms with Crippen molar-refractivity contribution in [2.24, 2.45) is 0 Å². The number of benzene rings is 2. The van der Waals surface area contributed by atoms with Gasteiger partial charge in [-0.2, -0.15) is 13.2 Å². The fourth-order valence-corrected chi connectivity index (χ4v) is 2.50. The molecule has 0 atom stereocenters. The van der Waals surface area contributed by atoms with E-state index in [2.05, 4.69) is 10.3 Å². The molecule has 0 aliphatic carbocycles. The normalized spacial score (nSPS) is 11.5. The van der Waals surface area contributed by atoms with Crippen molar-refractivity contribution in [3.05, 3.63) is 64.5 Å². The number of nitrogens with one attached hydrogen (secondary N) is 1. The molecule has 10 heteroatoms. The Morgan fingerprint density at radius 2 is 1.96 bits per heavy atom. The number of non-ortho nitro benzene ring substituents is 1. The van der Waals surface area contributed by atoms with Crippen LogP contribution in [0.4, 0.5) is 24.5 Å². The van der Waals surface area contributed by atoms with E-state index in [-0.39, 0.29) is 23.4 Å². The highest BCUT2D eigenvalue weighted by atomic mass is 19.4. The number of hydrogen-bond acceptors (Lipinski definition) is 4. The highest BCUT2D eigenvalue weighted by Crippen LogP contribution is 2.30. The van der Waals surface area contributed by atoms with Crippen molar-refractivity contribution in [2.45, 2.75) is 12.7 Å². The number of nitrogens with zero attached hydrogens (tertiary/aromatic N) is 3. The van der Waals surface area contributed by atoms with Crippen molar-refractivity contribution < 1.29 is 22.9 Å². The number of anilines is 1. The molecule has 0 aliphatic rings. The van der Waals surface area contributed by atoms with Crippen molar-refractivity contribution in [1.29, 1.82) is 0 Å². The van der Waals surface area contributed by atoms with Gasteiger partial charge in [-0.05, 0) is 24.3 Å². The molecule has 0 radical (unpaired) electrons. The molecule has 1 aromatic heterocycles. The molecule has 0 saturated carbocycles. The predicted molar refractivity (Wildman–Crippen MR) is 86.5 cm³/mol. The van der Waals surface area contributed by atoms with Gasteiger partial charge in [-0.25, -0.2) is 4.98 Å². The van der Waals surface area contributed by atoms with E-state index in [1.54, 1.807) is 6.07 Å². The molecule has 1 N–H and O–H groups in total. The summed E-state index contributed by atoms with van der Waals surface area (Å²) < 4.78 is 39.4. The standard InChI is InChI=1S/C16H11F3N4O3/c17-16(18,19)10-3-1-4-11(7-10)21-14(24)8-22-9-20-12-5-2-6-13(15(12)22)23(25)26/h1-7,9H,8H2,(H,21,24). The number of amides is 1. The highest BCUT2D eigenvalue weighted by Gasteiger charge is 2.30. The predicted octanol–water partition coefficient (Wildman–Crippen LogP) is 3.60. The van der Waals surface area contributed by atoms with Crippen LogP contribution in [0.5, 0.6) is 0 Å². The summed E-state index contributed by atoms with van der Waals surface area (Å²) in [5, 5.41) is 13.5. The Hall–Kier alpha value is -3.43. The van der Waals surface area contributed by atoms with Gasteiger partial charge in [-0.15, -0.1) is 0 Å². The molecule has 1 heterocycles. The molecular weight excluding hydrogens is 353 g/mol. The SMILES string of the molecule is O=C(Cn1cnc2cccc([N+](=O)[O-])c21)Nc1cccc(C(F)(F)F)c1. The number of aromatic nitrogens is 2. The Bertz CT molecular complexity index is 998. The lowest BCUT2D eigenvalue weighted by molar-refractivity contribution is -0.383. The lowest BCUT2D eigenvalue weighted by atomic mass is 10.2. The molecule has 7 nitrogen and oxygen atoms in total. The molecule has 0 fully saturated rings. The van der Waals surface area contributed by atoms with Gasteiger partial charge in [0.25, 0.3) is 5.69 Å². The molecular formula is C16H11F3N4O3. The van der Waals surface area contributed by atoms with Crippen LogP contribution >= 0.6 is 0 Å². The summed E-state index contributed by atoms with van der Waals surface area (Å²) in [6.45, 7) is -0.336. The van der Waals surface area contributed by atoms with Gasteiger partial charge in [0.1, 0.15) is 12.1 Å². The Kier molecular flexibility index (Phi) is 4.33. The molecule has 134 valence electrons. The number of carbonyl (C=O) groups excluding carboxylic acids is 1. The summed E-state index contributed by atoms with van der Waals surface area (Å²) in [4.78, 5) is 26.7. The molecule has 0 saturated heterocycles. The minimum Gasteiger partial charge on any atom is -0.325 e. The second kappa shape index (κ2) is 6.47. The molecule has 0 unspecified atom stereocenters. The largest absolute Gasteiger partial charge is 0.416 e. The molecule has 0 spiro atoms. The van der Waals surface area contributed by atoms with E-state index >= 15 is 0 Å². The van der Waals surface area contributed by atoms with E-state index in [4.69, 9.17) is 0 Å². The average molecular weight is 364 g/mol. The van der Waals surface area contributed by atoms with Gasteiger partial charge in [0.2, 0.25) is 5.91 Å². The number of nitro groups is 1. The Morgan fingerprint density at radius 1 is 1.23 bits per heavy atom. The van der Waals surface area contributed by atoms with Crippen molar-refractivity contribution in [3.8, 4) is 0 Å². The Balaban J connectivity index is 1.83. The lowest BCUT2D eigenvalue weighted by Gasteiger charge is -2.10. The van der Waals surface area contributed by atoms with Gasteiger partial charge >= 0.3 is 6.18 Å². The van der Waals surface area contributed by atoms with Crippen molar-refractivity contribution in [3.63, 3.8) is 0 Å². The number of rotatable bonds is 4. The summed E-state index contributed by atoms with van der Waals surface area (Å²) in [7, 11) is 0. The van der Waals surface area contributed by atoms with Crippen LogP contribution in [0.3, 0.4) is 0 Å². The van der Waals surface area contributed by atoms with Crippen LogP contribution < -0.4 is 5.32 Å². The monoisotopic (exact) mass is 364 g/mol. The van der Waals surface area contributed by atoms with Crippen LogP contribution in [-0.2, 0) is 17.5 Å². The first kappa shape index (κ1) is 17.4. The van der Waals surface area contributed by atoms with E-state index in [0.29, 0.717) is 5.52 Å². The Morgan fingerprint density at radius 3 is 2.65 bits per heavy atom. The number of nitro benzene ring substituents is 1. The van der Waals surface area contributed by atoms with Gasteiger partial charge in [0, 0.05) is 11.8 Å². The fraction of sp³-hybridized carbons (Fsp3) is 0.125. The molecule has 0 bridgehead atoms. The second-order valence-electron chi connectivity index (χ2n) is 5.40. The summed E-state index contributed by atoms with van der Waals surface area (Å²) >= 11 is 0. The van der Waals surface area contributed by atoms with E-state index in [0.717, 1.165) is 12.1 Å². The first-order valence-corrected chi connectivity index (χ1v) is 7.31. The molecule has 26 heavy (non-hydrogen) atoms. The average Bonchev–Trinajstić information content (AvgIpc) is 2.97. The van der Waals surface area contributed by atoms with E-state index < -0.39 is 22.6 Å². The quantitative estimate of drug-likeness (QED) is 0.566. The molecule has 2 aromatic carbocycles. The van der Waals surface area contributed by atoms with Gasteiger partial charge in [0.05, 0.1) is 22.3 Å². The van der Waals surface area contributed by atoms with E-state index in [1.807, 2.05) is 0 Å². The topological polar surface area (TPSA) is 90.1 Å². The van der Waals surface area contributed by atoms with Crippen LogP contribution in [0, 0.1) is 10.1 Å². The van der Waals surface area contributed by atoms with Gasteiger partial charge in [-0.3, -0.25) is 14.9 Å². The summed E-state index contributed by atoms with van der Waals surface area (Å²) in [6, 6.07) is 8.52. The zero-order chi connectivity index (χ0) is 18.9. The van der Waals surface area contributed by atoms with E-state index in [9.17, 15) is 28.1 Å². The van der Waals surface area contributed by atoms with Gasteiger partial charge < -0.3 is 9.88 Å². The first-order valence-electron chi connectivity index (χ1n) is 7.31. The van der Waals surface area contributed by atoms with Crippen molar-refractivity contribution in [2.75, 3.05) is 5.32 Å². The number of carbonyl (C=O) groups is 1. The molecule has 1 amide bonds. The second-order valence-corrected chi connectivity index (χ2v) is 5.40. The number of halogens is 3. The summed E-state index contributed by atoms with van der Waals surface area (Å²) in [5.41, 5.74) is -0.627. The number of fused-ring (bicyclic) bond motifs is 1. The maximum Gasteiger partial charge on any atom is 0.416 e. The van der Waals surface area contributed by atoms with E-state index in [1.165, 1.54) is 35.2 Å². The lowest BCUT2D eigenvalue weighted by Crippen LogP contribution is -2.19. The minimum absolute atomic E-state index is 0.0243. The smallest absolute Gasteiger partial charge is 0.325 e. The molecule has 3 rings (SSSR count). The molecule has 0 aliphatic heterocycles. The van der Waals surface area contributed by atoms with Crippen LogP contribution in [0.15, 0.2) is 48.8 Å². The fourth-order valence-electron chi connectivity index (χ4n) is 2.50. The zero-order valence-electron chi connectivity index (χ0n) is 13.0. The Labute approximate surface area is 144 Å². The maximum atomic E-state index is 12.7. The van der Waals surface area contributed by atoms with Crippen LogP contribution in [-0.4, -0.2) is 20.4 Å². The minimum atomic E-state index is -4.53. The first-order chi connectivity index (χ1) is 12.3.